The van der Waals surface area contributed by atoms with Gasteiger partial charge in [-0.1, -0.05) is 78.7 Å². The number of esters is 1. The number of carbonyl (C=O) groups is 1. The number of aliphatic hydroxyl groups excluding tert-OH is 2. The van der Waals surface area contributed by atoms with Crippen molar-refractivity contribution < 1.29 is 19.7 Å². The summed E-state index contributed by atoms with van der Waals surface area (Å²) in [6, 6.07) is 0. The van der Waals surface area contributed by atoms with Crippen molar-refractivity contribution >= 4 is 5.97 Å². The van der Waals surface area contributed by atoms with Crippen molar-refractivity contribution in [2.75, 3.05) is 0 Å². The second-order valence-electron chi connectivity index (χ2n) is 15.6. The Morgan fingerprint density at radius 3 is 2.17 bits per heavy atom. The van der Waals surface area contributed by atoms with Crippen LogP contribution in [0.25, 0.3) is 0 Å². The summed E-state index contributed by atoms with van der Waals surface area (Å²) in [7, 11) is 0. The first-order valence-electron chi connectivity index (χ1n) is 14.4. The normalized spacial score (nSPS) is 50.9. The zero-order valence-electron chi connectivity index (χ0n) is 24.2. The molecule has 5 rings (SSSR count). The van der Waals surface area contributed by atoms with E-state index < -0.39 is 35.1 Å². The lowest BCUT2D eigenvalue weighted by Crippen LogP contribution is -2.69. The minimum atomic E-state index is -1.11. The summed E-state index contributed by atoms with van der Waals surface area (Å²) in [5, 5.41) is 23.1. The molecule has 5 aliphatic carbocycles. The minimum Gasteiger partial charge on any atom is -0.459 e. The van der Waals surface area contributed by atoms with Gasteiger partial charge in [0.2, 0.25) is 0 Å². The molecule has 36 heavy (non-hydrogen) atoms. The van der Waals surface area contributed by atoms with Crippen LogP contribution in [0.2, 0.25) is 0 Å². The van der Waals surface area contributed by atoms with Crippen molar-refractivity contribution in [3.63, 3.8) is 0 Å². The summed E-state index contributed by atoms with van der Waals surface area (Å²) in [6.45, 7) is 20.2. The van der Waals surface area contributed by atoms with Gasteiger partial charge in [0.25, 0.3) is 0 Å². The van der Waals surface area contributed by atoms with E-state index in [4.69, 9.17) is 4.74 Å². The Hall–Kier alpha value is -1.13. The molecule has 0 heterocycles. The predicted molar refractivity (Wildman–Crippen MR) is 143 cm³/mol. The first-order valence-corrected chi connectivity index (χ1v) is 14.4. The van der Waals surface area contributed by atoms with Gasteiger partial charge >= 0.3 is 5.97 Å². The third-order valence-electron chi connectivity index (χ3n) is 12.8. The number of aliphatic hydroxyl groups is 2. The highest BCUT2D eigenvalue weighted by Crippen LogP contribution is 2.74. The van der Waals surface area contributed by atoms with E-state index in [0.717, 1.165) is 12.8 Å². The van der Waals surface area contributed by atoms with E-state index in [-0.39, 0.29) is 16.7 Å². The molecule has 9 atom stereocenters. The molecule has 0 aliphatic heterocycles. The highest BCUT2D eigenvalue weighted by Gasteiger charge is 2.70. The summed E-state index contributed by atoms with van der Waals surface area (Å²) >= 11 is 0. The van der Waals surface area contributed by atoms with Gasteiger partial charge in [-0.3, -0.25) is 4.79 Å². The maximum absolute atomic E-state index is 11.9. The lowest BCUT2D eigenvalue weighted by atomic mass is 9.35. The lowest BCUT2D eigenvalue weighted by molar-refractivity contribution is -0.238. The molecule has 9 unspecified atom stereocenters. The molecule has 0 spiro atoms. The SMILES string of the molecule is CC(=O)OC1C(O)C(O)C2(C)C3=CC=C4C5CC(C)(C)CCC5(C)CCC4(C)C3(C)CCC2C1(C)C. The number of hydrogen-bond donors (Lipinski definition) is 2. The molecular formula is C32H50O4. The fraction of sp³-hybridized carbons (Fsp3) is 0.844. The fourth-order valence-corrected chi connectivity index (χ4v) is 10.3. The molecule has 0 radical (unpaired) electrons. The van der Waals surface area contributed by atoms with Gasteiger partial charge in [0, 0.05) is 17.8 Å². The topological polar surface area (TPSA) is 66.8 Å². The molecule has 0 aromatic carbocycles. The standard InChI is InChI=1S/C32H50O4/c1-19(33)36-26-24(34)25(35)32(9)22(28(26,4)5)12-13-31(8)23(32)11-10-20-21-18-27(2,3)14-15-29(21,6)16-17-30(20,31)7/h10-11,21-22,24-26,34-35H,12-18H2,1-9H3. The monoisotopic (exact) mass is 498 g/mol. The van der Waals surface area contributed by atoms with Gasteiger partial charge in [-0.15, -0.1) is 0 Å². The average molecular weight is 499 g/mol. The molecule has 0 bridgehead atoms. The summed E-state index contributed by atoms with van der Waals surface area (Å²) < 4.78 is 5.66. The Morgan fingerprint density at radius 2 is 1.53 bits per heavy atom. The number of carbonyl (C=O) groups excluding carboxylic acids is 1. The number of fused-ring (bicyclic) bond motifs is 7. The molecular weight excluding hydrogens is 448 g/mol. The van der Waals surface area contributed by atoms with E-state index in [1.807, 2.05) is 0 Å². The first kappa shape index (κ1) is 26.5. The molecule has 4 heteroatoms. The molecule has 0 aromatic heterocycles. The molecule has 0 aromatic rings. The van der Waals surface area contributed by atoms with Gasteiger partial charge in [-0.25, -0.2) is 0 Å². The molecule has 4 fully saturated rings. The van der Waals surface area contributed by atoms with Crippen LogP contribution in [0, 0.1) is 44.3 Å². The molecule has 0 amide bonds. The lowest BCUT2D eigenvalue weighted by Gasteiger charge is -2.69. The van der Waals surface area contributed by atoms with Crippen LogP contribution >= 0.6 is 0 Å². The van der Waals surface area contributed by atoms with Gasteiger partial charge < -0.3 is 14.9 Å². The van der Waals surface area contributed by atoms with Crippen LogP contribution in [0.1, 0.15) is 107 Å². The maximum Gasteiger partial charge on any atom is 0.303 e. The highest BCUT2D eigenvalue weighted by atomic mass is 16.6. The quantitative estimate of drug-likeness (QED) is 0.400. The van der Waals surface area contributed by atoms with Crippen LogP contribution in [0.3, 0.4) is 0 Å². The van der Waals surface area contributed by atoms with E-state index in [1.54, 1.807) is 5.57 Å². The van der Waals surface area contributed by atoms with Crippen LogP contribution in [0.5, 0.6) is 0 Å². The largest absolute Gasteiger partial charge is 0.459 e. The van der Waals surface area contributed by atoms with E-state index in [1.165, 1.54) is 44.6 Å². The van der Waals surface area contributed by atoms with Gasteiger partial charge in [0.1, 0.15) is 12.2 Å². The molecule has 0 saturated heterocycles. The van der Waals surface area contributed by atoms with E-state index >= 15 is 0 Å². The molecule has 4 nitrogen and oxygen atoms in total. The number of allylic oxidation sites excluding steroid dienone is 3. The summed E-state index contributed by atoms with van der Waals surface area (Å²) in [6.07, 6.45) is 10.3. The van der Waals surface area contributed by atoms with Crippen molar-refractivity contribution in [3.8, 4) is 0 Å². The highest BCUT2D eigenvalue weighted by molar-refractivity contribution is 5.66. The van der Waals surface area contributed by atoms with Crippen molar-refractivity contribution in [1.29, 1.82) is 0 Å². The summed E-state index contributed by atoms with van der Waals surface area (Å²) in [5.41, 5.74) is 2.63. The van der Waals surface area contributed by atoms with Crippen molar-refractivity contribution in [2.45, 2.75) is 126 Å². The van der Waals surface area contributed by atoms with E-state index in [9.17, 15) is 15.0 Å². The van der Waals surface area contributed by atoms with Gasteiger partial charge in [0.05, 0.1) is 6.10 Å². The fourth-order valence-electron chi connectivity index (χ4n) is 10.3. The van der Waals surface area contributed by atoms with Crippen LogP contribution in [0.15, 0.2) is 23.3 Å². The van der Waals surface area contributed by atoms with Gasteiger partial charge in [-0.2, -0.15) is 0 Å². The average Bonchev–Trinajstić information content (AvgIpc) is 2.77. The minimum absolute atomic E-state index is 0.0458. The zero-order chi connectivity index (χ0) is 26.7. The van der Waals surface area contributed by atoms with Crippen LogP contribution in [0.4, 0.5) is 0 Å². The Labute approximate surface area is 219 Å². The number of hydrogen-bond acceptors (Lipinski definition) is 4. The van der Waals surface area contributed by atoms with Crippen molar-refractivity contribution in [1.82, 2.24) is 0 Å². The molecule has 4 saturated carbocycles. The van der Waals surface area contributed by atoms with Gasteiger partial charge in [0.15, 0.2) is 0 Å². The first-order chi connectivity index (χ1) is 16.4. The summed E-state index contributed by atoms with van der Waals surface area (Å²) in [5.74, 6) is 0.307. The Kier molecular flexibility index (Phi) is 5.67. The van der Waals surface area contributed by atoms with Crippen molar-refractivity contribution in [3.05, 3.63) is 23.3 Å². The smallest absolute Gasteiger partial charge is 0.303 e. The number of ether oxygens (including phenoxy) is 1. The Balaban J connectivity index is 1.63. The zero-order valence-corrected chi connectivity index (χ0v) is 24.2. The van der Waals surface area contributed by atoms with Crippen molar-refractivity contribution in [2.24, 2.45) is 44.3 Å². The third-order valence-corrected chi connectivity index (χ3v) is 12.8. The molecule has 2 N–H and O–H groups in total. The Bertz CT molecular complexity index is 1020. The second-order valence-corrected chi connectivity index (χ2v) is 15.6. The van der Waals surface area contributed by atoms with Gasteiger partial charge in [-0.05, 0) is 78.4 Å². The third kappa shape index (κ3) is 3.22. The predicted octanol–water partition coefficient (Wildman–Crippen LogP) is 6.60. The van der Waals surface area contributed by atoms with E-state index in [2.05, 4.69) is 67.5 Å². The Morgan fingerprint density at radius 1 is 0.889 bits per heavy atom. The second kappa shape index (κ2) is 7.72. The summed E-state index contributed by atoms with van der Waals surface area (Å²) in [4.78, 5) is 11.9. The maximum atomic E-state index is 11.9. The van der Waals surface area contributed by atoms with Crippen LogP contribution in [-0.4, -0.2) is 34.5 Å². The van der Waals surface area contributed by atoms with E-state index in [0.29, 0.717) is 16.7 Å². The molecule has 5 aliphatic rings. The molecule has 202 valence electrons. The van der Waals surface area contributed by atoms with Crippen LogP contribution < -0.4 is 0 Å². The van der Waals surface area contributed by atoms with Crippen LogP contribution in [-0.2, 0) is 9.53 Å². The number of rotatable bonds is 1.